The number of aromatic nitrogens is 1. The van der Waals surface area contributed by atoms with E-state index in [1.54, 1.807) is 0 Å². The van der Waals surface area contributed by atoms with Crippen molar-refractivity contribution in [2.24, 2.45) is 7.05 Å². The number of para-hydroxylation sites is 1. The summed E-state index contributed by atoms with van der Waals surface area (Å²) in [7, 11) is 2.06. The molecule has 96 valence electrons. The van der Waals surface area contributed by atoms with Crippen molar-refractivity contribution in [3.63, 3.8) is 0 Å². The molecule has 2 heteroatoms. The van der Waals surface area contributed by atoms with Gasteiger partial charge in [-0.15, -0.1) is 0 Å². The number of hydrogen-bond acceptors (Lipinski definition) is 1. The second-order valence-corrected chi connectivity index (χ2v) is 4.87. The lowest BCUT2D eigenvalue weighted by Crippen LogP contribution is -2.03. The van der Waals surface area contributed by atoms with E-state index in [4.69, 9.17) is 4.74 Å². The summed E-state index contributed by atoms with van der Waals surface area (Å²) in [5, 5.41) is 1.31. The first-order chi connectivity index (χ1) is 9.24. The number of ether oxygens (including phenoxy) is 1. The second kappa shape index (κ2) is 4.81. The summed E-state index contributed by atoms with van der Waals surface area (Å²) >= 11 is 0. The minimum absolute atomic E-state index is 0.767. The molecule has 2 aliphatic rings. The molecule has 0 N–H and O–H groups in total. The molecule has 5 rings (SSSR count). The predicted molar refractivity (Wildman–Crippen MR) is 78.4 cm³/mol. The van der Waals surface area contributed by atoms with Gasteiger partial charge in [-0.3, -0.25) is 0 Å². The van der Waals surface area contributed by atoms with E-state index in [0.29, 0.717) is 0 Å². The minimum atomic E-state index is 0.767. The quantitative estimate of drug-likeness (QED) is 0.587. The number of nitrogens with zero attached hydrogens (tertiary/aromatic N) is 1. The van der Waals surface area contributed by atoms with E-state index in [1.807, 2.05) is 6.07 Å². The van der Waals surface area contributed by atoms with Gasteiger partial charge in [0.1, 0.15) is 12.4 Å². The Labute approximate surface area is 113 Å². The number of fused-ring (bicyclic) bond motifs is 4. The zero-order valence-electron chi connectivity index (χ0n) is 11.3. The molecule has 0 unspecified atom stereocenters. The Kier molecular flexibility index (Phi) is 3.00. The van der Waals surface area contributed by atoms with Gasteiger partial charge in [0.2, 0.25) is 0 Å². The molecule has 3 heterocycles. The lowest BCUT2D eigenvalue weighted by atomic mass is 10.1. The molecule has 0 amide bonds. The van der Waals surface area contributed by atoms with Crippen LogP contribution in [-0.2, 0) is 13.7 Å². The molecule has 0 saturated carbocycles. The highest BCUT2D eigenvalue weighted by atomic mass is 16.5. The molecule has 1 aromatic heterocycles. The minimum Gasteiger partial charge on any atom is -0.489 e. The van der Waals surface area contributed by atoms with Gasteiger partial charge in [-0.2, -0.15) is 0 Å². The van der Waals surface area contributed by atoms with Gasteiger partial charge < -0.3 is 9.30 Å². The van der Waals surface area contributed by atoms with Crippen molar-refractivity contribution in [1.82, 2.24) is 4.57 Å². The van der Waals surface area contributed by atoms with Crippen LogP contribution in [0, 0.1) is 6.92 Å². The third-order valence-electron chi connectivity index (χ3n) is 3.43. The molecular formula is C17H17NO. The van der Waals surface area contributed by atoms with Crippen molar-refractivity contribution >= 4 is 10.9 Å². The van der Waals surface area contributed by atoms with Gasteiger partial charge in [0.15, 0.2) is 0 Å². The van der Waals surface area contributed by atoms with Gasteiger partial charge in [-0.25, -0.2) is 0 Å². The van der Waals surface area contributed by atoms with Crippen molar-refractivity contribution < 1.29 is 4.74 Å². The van der Waals surface area contributed by atoms with E-state index in [-0.39, 0.29) is 0 Å². The fourth-order valence-electron chi connectivity index (χ4n) is 2.35. The zero-order valence-corrected chi connectivity index (χ0v) is 11.3. The number of rotatable bonds is 0. The Morgan fingerprint density at radius 2 is 1.89 bits per heavy atom. The molecule has 0 fully saturated rings. The van der Waals surface area contributed by atoms with Gasteiger partial charge in [-0.1, -0.05) is 24.3 Å². The van der Waals surface area contributed by atoms with E-state index < -0.39 is 0 Å². The largest absolute Gasteiger partial charge is 0.489 e. The van der Waals surface area contributed by atoms with E-state index in [0.717, 1.165) is 12.4 Å². The third-order valence-corrected chi connectivity index (χ3v) is 3.43. The summed E-state index contributed by atoms with van der Waals surface area (Å²) in [6, 6.07) is 16.8. The Bertz CT molecular complexity index is 712. The summed E-state index contributed by atoms with van der Waals surface area (Å²) in [6.45, 7) is 2.83. The van der Waals surface area contributed by atoms with Crippen LogP contribution in [0.2, 0.25) is 0 Å². The van der Waals surface area contributed by atoms with Crippen LogP contribution in [0.25, 0.3) is 10.9 Å². The summed E-state index contributed by atoms with van der Waals surface area (Å²) in [6.07, 6.45) is 2.07. The van der Waals surface area contributed by atoms with Crippen molar-refractivity contribution in [2.45, 2.75) is 13.5 Å². The van der Waals surface area contributed by atoms with Crippen LogP contribution in [-0.4, -0.2) is 4.57 Å². The van der Waals surface area contributed by atoms with Gasteiger partial charge in [-0.05, 0) is 47.7 Å². The Hall–Kier alpha value is -2.22. The first-order valence-corrected chi connectivity index (χ1v) is 6.46. The summed E-state index contributed by atoms with van der Waals surface area (Å²) < 4.78 is 7.43. The van der Waals surface area contributed by atoms with Gasteiger partial charge in [0, 0.05) is 18.8 Å². The third kappa shape index (κ3) is 2.34. The maximum Gasteiger partial charge on any atom is 0.122 e. The molecule has 2 aliphatic heterocycles. The molecule has 0 spiro atoms. The van der Waals surface area contributed by atoms with Crippen molar-refractivity contribution in [3.05, 3.63) is 65.9 Å². The smallest absolute Gasteiger partial charge is 0.122 e. The van der Waals surface area contributed by atoms with E-state index in [1.165, 1.54) is 22.0 Å². The van der Waals surface area contributed by atoms with Crippen molar-refractivity contribution in [2.75, 3.05) is 0 Å². The van der Waals surface area contributed by atoms with Crippen LogP contribution < -0.4 is 4.74 Å². The average molecular weight is 251 g/mol. The van der Waals surface area contributed by atoms with Gasteiger partial charge >= 0.3 is 0 Å². The molecule has 3 aromatic rings. The second-order valence-electron chi connectivity index (χ2n) is 4.87. The van der Waals surface area contributed by atoms with Crippen molar-refractivity contribution in [1.29, 1.82) is 0 Å². The Morgan fingerprint density at radius 1 is 1.05 bits per heavy atom. The fourth-order valence-corrected chi connectivity index (χ4v) is 2.35. The highest BCUT2D eigenvalue weighted by Crippen LogP contribution is 2.25. The normalized spacial score (nSPS) is 11.9. The molecule has 0 radical (unpaired) electrons. The van der Waals surface area contributed by atoms with Crippen LogP contribution in [0.3, 0.4) is 0 Å². The summed E-state index contributed by atoms with van der Waals surface area (Å²) in [5.41, 5.74) is 3.82. The summed E-state index contributed by atoms with van der Waals surface area (Å²) in [4.78, 5) is 0. The first-order valence-electron chi connectivity index (χ1n) is 6.46. The van der Waals surface area contributed by atoms with Crippen LogP contribution in [0.5, 0.6) is 5.75 Å². The molecule has 2 bridgehead atoms. The Balaban J connectivity index is 0.000000117. The molecule has 0 aliphatic carbocycles. The standard InChI is InChI=1S/C9H9N.C8H8O/c1-10-7-6-8-4-2-3-5-9(8)10;1-6-4-7-2-3-8(6)9-5-7/h2-7H,1H3;2-4H,5H2,1H3. The molecule has 2 aromatic carbocycles. The SMILES string of the molecule is Cc1cc2ccc1OC2.Cn1ccc2ccccc21. The maximum absolute atomic E-state index is 5.31. The van der Waals surface area contributed by atoms with Crippen molar-refractivity contribution in [3.8, 4) is 5.75 Å². The predicted octanol–water partition coefficient (Wildman–Crippen LogP) is 4.07. The Morgan fingerprint density at radius 3 is 2.42 bits per heavy atom. The fraction of sp³-hybridized carbons (Fsp3) is 0.176. The maximum atomic E-state index is 5.31. The molecule has 2 nitrogen and oxygen atoms in total. The topological polar surface area (TPSA) is 14.2 Å². The lowest BCUT2D eigenvalue weighted by molar-refractivity contribution is 0.292. The van der Waals surface area contributed by atoms with E-state index in [2.05, 4.69) is 67.2 Å². The highest BCUT2D eigenvalue weighted by Gasteiger charge is 2.07. The summed E-state index contributed by atoms with van der Waals surface area (Å²) in [5.74, 6) is 1.03. The number of benzene rings is 2. The van der Waals surface area contributed by atoms with Crippen LogP contribution >= 0.6 is 0 Å². The van der Waals surface area contributed by atoms with Gasteiger partial charge in [0.05, 0.1) is 0 Å². The monoisotopic (exact) mass is 251 g/mol. The lowest BCUT2D eigenvalue weighted by Gasteiger charge is -2.16. The van der Waals surface area contributed by atoms with Crippen LogP contribution in [0.1, 0.15) is 11.1 Å². The molecule has 19 heavy (non-hydrogen) atoms. The highest BCUT2D eigenvalue weighted by molar-refractivity contribution is 5.79. The molecule has 0 saturated heterocycles. The van der Waals surface area contributed by atoms with E-state index in [9.17, 15) is 0 Å². The average Bonchev–Trinajstić information content (AvgIpc) is 2.83. The molecule has 0 atom stereocenters. The zero-order chi connectivity index (χ0) is 13.2. The molecular weight excluding hydrogens is 234 g/mol. The van der Waals surface area contributed by atoms with Crippen LogP contribution in [0.4, 0.5) is 0 Å². The van der Waals surface area contributed by atoms with Gasteiger partial charge in [0.25, 0.3) is 0 Å². The number of hydrogen-bond donors (Lipinski definition) is 0. The number of aryl methyl sites for hydroxylation is 2. The van der Waals surface area contributed by atoms with E-state index >= 15 is 0 Å². The van der Waals surface area contributed by atoms with Crippen LogP contribution in [0.15, 0.2) is 54.7 Å². The first kappa shape index (κ1) is 11.8.